The second kappa shape index (κ2) is 4.71. The van der Waals surface area contributed by atoms with E-state index in [1.165, 1.54) is 4.88 Å². The molecule has 0 unspecified atom stereocenters. The molecule has 3 aromatic rings. The lowest BCUT2D eigenvalue weighted by Crippen LogP contribution is -2.03. The van der Waals surface area contributed by atoms with Crippen molar-refractivity contribution in [2.24, 2.45) is 0 Å². The van der Waals surface area contributed by atoms with Crippen molar-refractivity contribution in [2.45, 2.75) is 19.3 Å². The lowest BCUT2D eigenvalue weighted by molar-refractivity contribution is 0.773. The highest BCUT2D eigenvalue weighted by Crippen LogP contribution is 2.20. The Balaban J connectivity index is 2.09. The van der Waals surface area contributed by atoms with Crippen LogP contribution < -0.4 is 0 Å². The lowest BCUT2D eigenvalue weighted by atomic mass is 10.3. The van der Waals surface area contributed by atoms with E-state index in [1.54, 1.807) is 11.3 Å². The maximum Gasteiger partial charge on any atom is 0.125 e. The van der Waals surface area contributed by atoms with Crippen LogP contribution in [0.15, 0.2) is 30.5 Å². The van der Waals surface area contributed by atoms with Gasteiger partial charge in [0, 0.05) is 11.1 Å². The van der Waals surface area contributed by atoms with Crippen LogP contribution in [0, 0.1) is 6.92 Å². The van der Waals surface area contributed by atoms with Crippen LogP contribution in [-0.4, -0.2) is 14.5 Å². The SMILES string of the molecule is Cc1cnc(Cn2c(CCl)nc3ccccc32)s1. The van der Waals surface area contributed by atoms with Gasteiger partial charge in [-0.15, -0.1) is 22.9 Å². The first kappa shape index (κ1) is 11.7. The second-order valence-corrected chi connectivity index (χ2v) is 5.69. The lowest BCUT2D eigenvalue weighted by Gasteiger charge is -2.04. The van der Waals surface area contributed by atoms with Crippen molar-refractivity contribution in [1.82, 2.24) is 14.5 Å². The van der Waals surface area contributed by atoms with E-state index in [4.69, 9.17) is 11.6 Å². The van der Waals surface area contributed by atoms with Crippen LogP contribution in [0.2, 0.25) is 0 Å². The summed E-state index contributed by atoms with van der Waals surface area (Å²) in [5, 5.41) is 1.09. The number of benzene rings is 1. The average Bonchev–Trinajstić information content (AvgIpc) is 2.94. The molecule has 92 valence electrons. The van der Waals surface area contributed by atoms with Gasteiger partial charge < -0.3 is 4.57 Å². The highest BCUT2D eigenvalue weighted by atomic mass is 35.5. The molecule has 0 radical (unpaired) electrons. The largest absolute Gasteiger partial charge is 0.320 e. The molecule has 2 aromatic heterocycles. The van der Waals surface area contributed by atoms with E-state index in [9.17, 15) is 0 Å². The van der Waals surface area contributed by atoms with Crippen LogP contribution in [0.5, 0.6) is 0 Å². The van der Waals surface area contributed by atoms with E-state index in [0.29, 0.717) is 5.88 Å². The molecule has 0 saturated carbocycles. The minimum Gasteiger partial charge on any atom is -0.320 e. The number of fused-ring (bicyclic) bond motifs is 1. The number of rotatable bonds is 3. The Bertz CT molecular complexity index is 686. The third kappa shape index (κ3) is 2.02. The topological polar surface area (TPSA) is 30.7 Å². The molecule has 0 saturated heterocycles. The molecule has 3 nitrogen and oxygen atoms in total. The van der Waals surface area contributed by atoms with Crippen molar-refractivity contribution >= 4 is 34.0 Å². The van der Waals surface area contributed by atoms with Gasteiger partial charge in [-0.3, -0.25) is 0 Å². The number of aromatic nitrogens is 3. The van der Waals surface area contributed by atoms with Crippen LogP contribution in [0.4, 0.5) is 0 Å². The van der Waals surface area contributed by atoms with Gasteiger partial charge in [0.05, 0.1) is 23.5 Å². The average molecular weight is 278 g/mol. The quantitative estimate of drug-likeness (QED) is 0.685. The number of para-hydroxylation sites is 2. The van der Waals surface area contributed by atoms with E-state index in [0.717, 1.165) is 28.4 Å². The monoisotopic (exact) mass is 277 g/mol. The van der Waals surface area contributed by atoms with Crippen molar-refractivity contribution in [2.75, 3.05) is 0 Å². The molecule has 0 fully saturated rings. The Morgan fingerprint density at radius 1 is 1.33 bits per heavy atom. The standard InChI is InChI=1S/C13H12ClN3S/c1-9-7-15-13(18-9)8-17-11-5-3-2-4-10(11)16-12(17)6-14/h2-5,7H,6,8H2,1H3. The van der Waals surface area contributed by atoms with Crippen LogP contribution in [-0.2, 0) is 12.4 Å². The van der Waals surface area contributed by atoms with Gasteiger partial charge in [-0.2, -0.15) is 0 Å². The molecule has 0 bridgehead atoms. The third-order valence-electron chi connectivity index (χ3n) is 2.82. The Morgan fingerprint density at radius 2 is 2.17 bits per heavy atom. The van der Waals surface area contributed by atoms with Crippen molar-refractivity contribution in [3.05, 3.63) is 46.2 Å². The van der Waals surface area contributed by atoms with Crippen molar-refractivity contribution in [3.8, 4) is 0 Å². The van der Waals surface area contributed by atoms with E-state index in [2.05, 4.69) is 27.5 Å². The molecule has 0 aliphatic heterocycles. The maximum absolute atomic E-state index is 5.97. The fourth-order valence-corrected chi connectivity index (χ4v) is 2.99. The fourth-order valence-electron chi connectivity index (χ4n) is 2.01. The first-order valence-corrected chi connectivity index (χ1v) is 7.04. The van der Waals surface area contributed by atoms with Gasteiger partial charge in [0.1, 0.15) is 10.8 Å². The molecule has 18 heavy (non-hydrogen) atoms. The molecule has 0 N–H and O–H groups in total. The zero-order valence-corrected chi connectivity index (χ0v) is 11.5. The maximum atomic E-state index is 5.97. The van der Waals surface area contributed by atoms with E-state index in [-0.39, 0.29) is 0 Å². The van der Waals surface area contributed by atoms with Gasteiger partial charge in [-0.25, -0.2) is 9.97 Å². The number of thiazole rings is 1. The first-order chi connectivity index (χ1) is 8.78. The van der Waals surface area contributed by atoms with Gasteiger partial charge in [0.25, 0.3) is 0 Å². The Morgan fingerprint density at radius 3 is 2.89 bits per heavy atom. The Kier molecular flexibility index (Phi) is 3.06. The number of aryl methyl sites for hydroxylation is 1. The van der Waals surface area contributed by atoms with E-state index >= 15 is 0 Å². The molecule has 0 atom stereocenters. The number of hydrogen-bond acceptors (Lipinski definition) is 3. The minimum atomic E-state index is 0.416. The zero-order chi connectivity index (χ0) is 12.5. The summed E-state index contributed by atoms with van der Waals surface area (Å²) in [6.45, 7) is 2.80. The summed E-state index contributed by atoms with van der Waals surface area (Å²) >= 11 is 7.69. The number of alkyl halides is 1. The number of halogens is 1. The smallest absolute Gasteiger partial charge is 0.125 e. The number of nitrogens with zero attached hydrogens (tertiary/aromatic N) is 3. The van der Waals surface area contributed by atoms with E-state index < -0.39 is 0 Å². The highest BCUT2D eigenvalue weighted by Gasteiger charge is 2.11. The fraction of sp³-hybridized carbons (Fsp3) is 0.231. The van der Waals surface area contributed by atoms with Crippen LogP contribution >= 0.6 is 22.9 Å². The molecule has 0 aliphatic rings. The van der Waals surface area contributed by atoms with Gasteiger partial charge in [0.2, 0.25) is 0 Å². The van der Waals surface area contributed by atoms with Gasteiger partial charge in [-0.05, 0) is 19.1 Å². The highest BCUT2D eigenvalue weighted by molar-refractivity contribution is 7.11. The molecular weight excluding hydrogens is 266 g/mol. The molecule has 2 heterocycles. The molecule has 0 spiro atoms. The molecule has 1 aromatic carbocycles. The Hall–Kier alpha value is -1.39. The molecule has 0 amide bonds. The summed E-state index contributed by atoms with van der Waals surface area (Å²) in [7, 11) is 0. The van der Waals surface area contributed by atoms with Crippen LogP contribution in [0.3, 0.4) is 0 Å². The van der Waals surface area contributed by atoms with Crippen LogP contribution in [0.1, 0.15) is 15.7 Å². The molecule has 5 heteroatoms. The normalized spacial score (nSPS) is 11.2. The third-order valence-corrected chi connectivity index (χ3v) is 3.95. The predicted molar refractivity (Wildman–Crippen MR) is 75.2 cm³/mol. The Labute approximate surface area is 114 Å². The summed E-state index contributed by atoms with van der Waals surface area (Å²) < 4.78 is 2.14. The summed E-state index contributed by atoms with van der Waals surface area (Å²) in [5.41, 5.74) is 2.10. The summed E-state index contributed by atoms with van der Waals surface area (Å²) in [6, 6.07) is 8.09. The van der Waals surface area contributed by atoms with Crippen LogP contribution in [0.25, 0.3) is 11.0 Å². The zero-order valence-electron chi connectivity index (χ0n) is 9.93. The van der Waals surface area contributed by atoms with Crippen molar-refractivity contribution in [3.63, 3.8) is 0 Å². The second-order valence-electron chi connectivity index (χ2n) is 4.10. The van der Waals surface area contributed by atoms with Crippen molar-refractivity contribution in [1.29, 1.82) is 0 Å². The van der Waals surface area contributed by atoms with Gasteiger partial charge in [-0.1, -0.05) is 12.1 Å². The molecule has 0 aliphatic carbocycles. The summed E-state index contributed by atoms with van der Waals surface area (Å²) in [5.74, 6) is 1.31. The van der Waals surface area contributed by atoms with Gasteiger partial charge in [0.15, 0.2) is 0 Å². The summed E-state index contributed by atoms with van der Waals surface area (Å²) in [6.07, 6.45) is 1.90. The summed E-state index contributed by atoms with van der Waals surface area (Å²) in [4.78, 5) is 10.2. The minimum absolute atomic E-state index is 0.416. The number of imidazole rings is 1. The predicted octanol–water partition coefficient (Wildman–Crippen LogP) is 3.59. The van der Waals surface area contributed by atoms with Gasteiger partial charge >= 0.3 is 0 Å². The van der Waals surface area contributed by atoms with E-state index in [1.807, 2.05) is 24.4 Å². The van der Waals surface area contributed by atoms with Crippen molar-refractivity contribution < 1.29 is 0 Å². The molecular formula is C13H12ClN3S. The number of hydrogen-bond donors (Lipinski definition) is 0. The molecule has 3 rings (SSSR count). The first-order valence-electron chi connectivity index (χ1n) is 5.69.